The molecule has 1 atom stereocenters. The lowest BCUT2D eigenvalue weighted by Gasteiger charge is -2.31. The van der Waals surface area contributed by atoms with Crippen LogP contribution in [0.15, 0.2) is 0 Å². The molecule has 0 radical (unpaired) electrons. The van der Waals surface area contributed by atoms with Crippen LogP contribution < -0.4 is 10.5 Å². The molecule has 1 aliphatic rings. The van der Waals surface area contributed by atoms with Gasteiger partial charge >= 0.3 is 0 Å². The Morgan fingerprint density at radius 3 is 2.87 bits per heavy atom. The van der Waals surface area contributed by atoms with Crippen LogP contribution in [0.25, 0.3) is 0 Å². The van der Waals surface area contributed by atoms with Crippen LogP contribution in [0.5, 0.6) is 0 Å². The third-order valence-electron chi connectivity index (χ3n) is 2.40. The third kappa shape index (κ3) is 3.69. The van der Waals surface area contributed by atoms with Crippen molar-refractivity contribution in [2.45, 2.75) is 25.4 Å². The zero-order valence-electron chi connectivity index (χ0n) is 8.98. The summed E-state index contributed by atoms with van der Waals surface area (Å²) in [6.45, 7) is 1.15. The van der Waals surface area contributed by atoms with E-state index in [1.54, 1.807) is 0 Å². The van der Waals surface area contributed by atoms with Crippen LogP contribution >= 0.6 is 0 Å². The molecule has 7 heteroatoms. The van der Waals surface area contributed by atoms with Gasteiger partial charge in [-0.25, -0.2) is 0 Å². The van der Waals surface area contributed by atoms with E-state index in [0.717, 1.165) is 19.3 Å². The lowest BCUT2D eigenvalue weighted by Crippen LogP contribution is -2.53. The molecule has 1 saturated heterocycles. The van der Waals surface area contributed by atoms with Crippen LogP contribution in [0.3, 0.4) is 0 Å². The molecule has 0 aliphatic carbocycles. The number of nitrogens with zero attached hydrogens (tertiary/aromatic N) is 1. The number of hydrogen-bond acceptors (Lipinski definition) is 4. The molecule has 0 amide bonds. The van der Waals surface area contributed by atoms with E-state index >= 15 is 0 Å². The van der Waals surface area contributed by atoms with E-state index in [-0.39, 0.29) is 6.54 Å². The summed E-state index contributed by atoms with van der Waals surface area (Å²) in [7, 11) is -1.90. The first-order chi connectivity index (χ1) is 7.08. The first-order valence-electron chi connectivity index (χ1n) is 5.09. The van der Waals surface area contributed by atoms with Crippen molar-refractivity contribution in [3.63, 3.8) is 0 Å². The molecule has 0 aromatic rings. The van der Waals surface area contributed by atoms with Gasteiger partial charge in [0.2, 0.25) is 0 Å². The van der Waals surface area contributed by atoms with Gasteiger partial charge in [0.05, 0.1) is 12.8 Å². The molecule has 1 heterocycles. The second kappa shape index (κ2) is 5.76. The molecule has 0 aromatic carbocycles. The average molecular weight is 237 g/mol. The summed E-state index contributed by atoms with van der Waals surface area (Å²) < 4.78 is 32.1. The Bertz CT molecular complexity index is 281. The Hall–Kier alpha value is -0.210. The van der Waals surface area contributed by atoms with Crippen LogP contribution in [0, 0.1) is 0 Å². The minimum absolute atomic E-state index is 0.280. The highest BCUT2D eigenvalue weighted by molar-refractivity contribution is 7.87. The number of rotatable bonds is 5. The van der Waals surface area contributed by atoms with E-state index in [9.17, 15) is 8.42 Å². The molecule has 1 aliphatic heterocycles. The van der Waals surface area contributed by atoms with Gasteiger partial charge in [0.25, 0.3) is 10.2 Å². The number of ether oxygens (including phenoxy) is 1. The van der Waals surface area contributed by atoms with Crippen molar-refractivity contribution in [3.05, 3.63) is 0 Å². The standard InChI is InChI=1S/C8H19N3O3S/c1-14-7-5-10-15(12,13)11-6-3-2-4-8(11)9/h8,10H,2-7,9H2,1H3. The Morgan fingerprint density at radius 1 is 1.53 bits per heavy atom. The minimum atomic E-state index is -3.43. The van der Waals surface area contributed by atoms with Gasteiger partial charge in [-0.05, 0) is 19.3 Å². The number of nitrogens with two attached hydrogens (primary N) is 1. The molecule has 3 N–H and O–H groups in total. The molecule has 1 unspecified atom stereocenters. The molecule has 90 valence electrons. The quantitative estimate of drug-likeness (QED) is 0.615. The molecule has 6 nitrogen and oxygen atoms in total. The summed E-state index contributed by atoms with van der Waals surface area (Å²) in [5.41, 5.74) is 5.74. The predicted molar refractivity (Wildman–Crippen MR) is 57.3 cm³/mol. The molecule has 0 aromatic heterocycles. The maximum Gasteiger partial charge on any atom is 0.280 e. The predicted octanol–water partition coefficient (Wildman–Crippen LogP) is -0.762. The van der Waals surface area contributed by atoms with Crippen molar-refractivity contribution >= 4 is 10.2 Å². The maximum absolute atomic E-state index is 11.8. The van der Waals surface area contributed by atoms with Gasteiger partial charge in [-0.1, -0.05) is 0 Å². The topological polar surface area (TPSA) is 84.7 Å². The zero-order valence-corrected chi connectivity index (χ0v) is 9.79. The summed E-state index contributed by atoms with van der Waals surface area (Å²) in [5.74, 6) is 0. The number of piperidine rings is 1. The number of hydrogen-bond donors (Lipinski definition) is 2. The molecule has 0 saturated carbocycles. The van der Waals surface area contributed by atoms with E-state index < -0.39 is 16.4 Å². The van der Waals surface area contributed by atoms with Crippen LogP contribution in [0.4, 0.5) is 0 Å². The zero-order chi connectivity index (χ0) is 11.3. The van der Waals surface area contributed by atoms with Gasteiger partial charge in [0, 0.05) is 20.2 Å². The van der Waals surface area contributed by atoms with Crippen LogP contribution in [0.1, 0.15) is 19.3 Å². The lowest BCUT2D eigenvalue weighted by molar-refractivity contribution is 0.202. The van der Waals surface area contributed by atoms with Gasteiger partial charge in [0.15, 0.2) is 0 Å². The number of methoxy groups -OCH3 is 1. The second-order valence-electron chi connectivity index (χ2n) is 3.57. The van der Waals surface area contributed by atoms with Gasteiger partial charge in [0.1, 0.15) is 0 Å². The summed E-state index contributed by atoms with van der Waals surface area (Å²) in [4.78, 5) is 0. The summed E-state index contributed by atoms with van der Waals surface area (Å²) >= 11 is 0. The van der Waals surface area contributed by atoms with Gasteiger partial charge in [-0.2, -0.15) is 17.4 Å². The van der Waals surface area contributed by atoms with Crippen LogP contribution in [-0.2, 0) is 14.9 Å². The number of nitrogens with one attached hydrogen (secondary N) is 1. The van der Waals surface area contributed by atoms with Crippen LogP contribution in [0.2, 0.25) is 0 Å². The highest BCUT2D eigenvalue weighted by Gasteiger charge is 2.29. The van der Waals surface area contributed by atoms with Crippen molar-refractivity contribution in [3.8, 4) is 0 Å². The first-order valence-corrected chi connectivity index (χ1v) is 6.53. The normalized spacial score (nSPS) is 24.3. The Balaban J connectivity index is 2.51. The minimum Gasteiger partial charge on any atom is -0.383 e. The van der Waals surface area contributed by atoms with E-state index in [1.807, 2.05) is 0 Å². The molecular formula is C8H19N3O3S. The monoisotopic (exact) mass is 237 g/mol. The molecule has 1 fully saturated rings. The SMILES string of the molecule is COCCNS(=O)(=O)N1CCCCC1N. The Kier molecular flexibility index (Phi) is 4.94. The van der Waals surface area contributed by atoms with E-state index in [0.29, 0.717) is 13.2 Å². The van der Waals surface area contributed by atoms with E-state index in [1.165, 1.54) is 11.4 Å². The molecule has 0 spiro atoms. The molecule has 15 heavy (non-hydrogen) atoms. The highest BCUT2D eigenvalue weighted by Crippen LogP contribution is 2.15. The van der Waals surface area contributed by atoms with Crippen molar-refractivity contribution in [2.24, 2.45) is 5.73 Å². The van der Waals surface area contributed by atoms with Crippen molar-refractivity contribution in [1.82, 2.24) is 9.03 Å². The fraction of sp³-hybridized carbons (Fsp3) is 1.00. The third-order valence-corrected chi connectivity index (χ3v) is 4.04. The Morgan fingerprint density at radius 2 is 2.27 bits per heavy atom. The van der Waals surface area contributed by atoms with Crippen molar-refractivity contribution in [2.75, 3.05) is 26.8 Å². The Labute approximate surface area is 90.9 Å². The van der Waals surface area contributed by atoms with E-state index in [4.69, 9.17) is 10.5 Å². The maximum atomic E-state index is 11.8. The molecular weight excluding hydrogens is 218 g/mol. The largest absolute Gasteiger partial charge is 0.383 e. The fourth-order valence-corrected chi connectivity index (χ4v) is 2.92. The lowest BCUT2D eigenvalue weighted by atomic mass is 10.1. The van der Waals surface area contributed by atoms with Crippen molar-refractivity contribution in [1.29, 1.82) is 0 Å². The highest BCUT2D eigenvalue weighted by atomic mass is 32.2. The second-order valence-corrected chi connectivity index (χ2v) is 5.27. The van der Waals surface area contributed by atoms with Crippen LogP contribution in [-0.4, -0.2) is 45.7 Å². The van der Waals surface area contributed by atoms with Gasteiger partial charge < -0.3 is 10.5 Å². The van der Waals surface area contributed by atoms with Gasteiger partial charge in [-0.3, -0.25) is 0 Å². The molecule has 0 bridgehead atoms. The van der Waals surface area contributed by atoms with E-state index in [2.05, 4.69) is 4.72 Å². The molecule has 1 rings (SSSR count). The fourth-order valence-electron chi connectivity index (χ4n) is 1.58. The summed E-state index contributed by atoms with van der Waals surface area (Å²) in [5, 5.41) is 0. The smallest absolute Gasteiger partial charge is 0.280 e. The first kappa shape index (κ1) is 12.9. The summed E-state index contributed by atoms with van der Waals surface area (Å²) in [6, 6.07) is 0. The van der Waals surface area contributed by atoms with Crippen molar-refractivity contribution < 1.29 is 13.2 Å². The average Bonchev–Trinajstić information content (AvgIpc) is 2.18. The van der Waals surface area contributed by atoms with Gasteiger partial charge in [-0.15, -0.1) is 0 Å². The summed E-state index contributed by atoms with van der Waals surface area (Å²) in [6.07, 6.45) is 2.20.